The van der Waals surface area contributed by atoms with Crippen LogP contribution >= 0.6 is 0 Å². The number of Topliss-reactive ketones (excluding diaryl/α,β-unsaturated/α-hetero) is 1. The topological polar surface area (TPSA) is 26.3 Å². The number of ketones is 1. The van der Waals surface area contributed by atoms with E-state index in [-0.39, 0.29) is 16.9 Å². The van der Waals surface area contributed by atoms with Crippen molar-refractivity contribution in [3.05, 3.63) is 35.9 Å². The Kier molecular flexibility index (Phi) is 5.94. The van der Waals surface area contributed by atoms with E-state index in [0.29, 0.717) is 12.3 Å². The Balaban J connectivity index is 2.69. The summed E-state index contributed by atoms with van der Waals surface area (Å²) in [6, 6.07) is 9.47. The average Bonchev–Trinajstić information content (AvgIpc) is 2.38. The van der Waals surface area contributed by atoms with Crippen molar-refractivity contribution in [3.8, 4) is 0 Å². The predicted molar refractivity (Wildman–Crippen MR) is 92.3 cm³/mol. The summed E-state index contributed by atoms with van der Waals surface area (Å²) in [4.78, 5) is 12.3. The van der Waals surface area contributed by atoms with Gasteiger partial charge >= 0.3 is 0 Å². The van der Waals surface area contributed by atoms with E-state index in [9.17, 15) is 4.79 Å². The summed E-state index contributed by atoms with van der Waals surface area (Å²) < 4.78 is 6.37. The molecule has 118 valence electrons. The van der Waals surface area contributed by atoms with Gasteiger partial charge < -0.3 is 4.43 Å². The van der Waals surface area contributed by atoms with Gasteiger partial charge in [0.25, 0.3) is 0 Å². The Hall–Kier alpha value is -0.933. The van der Waals surface area contributed by atoms with Gasteiger partial charge in [-0.2, -0.15) is 0 Å². The molecule has 0 aliphatic rings. The summed E-state index contributed by atoms with van der Waals surface area (Å²) in [5, 5.41) is 0.178. The van der Waals surface area contributed by atoms with Crippen LogP contribution in [0.3, 0.4) is 0 Å². The van der Waals surface area contributed by atoms with Crippen LogP contribution in [-0.2, 0) is 4.43 Å². The van der Waals surface area contributed by atoms with Gasteiger partial charge in [0.15, 0.2) is 14.1 Å². The van der Waals surface area contributed by atoms with Gasteiger partial charge in [-0.3, -0.25) is 4.79 Å². The highest BCUT2D eigenvalue weighted by molar-refractivity contribution is 6.74. The minimum absolute atomic E-state index is 0.0302. The van der Waals surface area contributed by atoms with E-state index >= 15 is 0 Å². The third kappa shape index (κ3) is 4.52. The van der Waals surface area contributed by atoms with E-state index in [2.05, 4.69) is 40.8 Å². The fourth-order valence-corrected chi connectivity index (χ4v) is 5.18. The summed E-state index contributed by atoms with van der Waals surface area (Å²) in [6.45, 7) is 15.6. The van der Waals surface area contributed by atoms with E-state index in [1.165, 1.54) is 0 Å². The van der Waals surface area contributed by atoms with Crippen LogP contribution in [0.15, 0.2) is 30.3 Å². The molecule has 0 fully saturated rings. The summed E-state index contributed by atoms with van der Waals surface area (Å²) in [5.74, 6) is 0.728. The summed E-state index contributed by atoms with van der Waals surface area (Å²) in [6.07, 6.45) is 0.423. The smallest absolute Gasteiger partial charge is 0.192 e. The van der Waals surface area contributed by atoms with Crippen molar-refractivity contribution in [2.75, 3.05) is 0 Å². The second kappa shape index (κ2) is 6.88. The second-order valence-corrected chi connectivity index (χ2v) is 11.9. The molecule has 3 heteroatoms. The maximum Gasteiger partial charge on any atom is 0.192 e. The first-order chi connectivity index (χ1) is 9.58. The van der Waals surface area contributed by atoms with Crippen LogP contribution in [0.25, 0.3) is 0 Å². The van der Waals surface area contributed by atoms with Crippen LogP contribution in [0.4, 0.5) is 0 Å². The van der Waals surface area contributed by atoms with Crippen molar-refractivity contribution in [3.63, 3.8) is 0 Å². The minimum Gasteiger partial charge on any atom is -0.414 e. The Morgan fingerprint density at radius 1 is 1.14 bits per heavy atom. The molecule has 1 aromatic carbocycles. The van der Waals surface area contributed by atoms with Crippen LogP contribution in [-0.4, -0.2) is 20.2 Å². The first kappa shape index (κ1) is 18.1. The molecule has 0 aromatic heterocycles. The van der Waals surface area contributed by atoms with Crippen molar-refractivity contribution in [1.29, 1.82) is 0 Å². The Morgan fingerprint density at radius 3 is 2.14 bits per heavy atom. The van der Waals surface area contributed by atoms with E-state index in [1.54, 1.807) is 0 Å². The molecule has 1 unspecified atom stereocenters. The SMILES string of the molecule is CC(CC(=O)c1ccccc1)O[Si](C)(C)C(C)(C)C(C)C. The highest BCUT2D eigenvalue weighted by Crippen LogP contribution is 2.45. The second-order valence-electron chi connectivity index (χ2n) is 7.31. The zero-order valence-electron chi connectivity index (χ0n) is 14.6. The first-order valence-corrected chi connectivity index (χ1v) is 10.7. The van der Waals surface area contributed by atoms with Crippen LogP contribution in [0.1, 0.15) is 51.4 Å². The molecular formula is C18H30O2Si. The normalized spacial score (nSPS) is 14.3. The summed E-state index contributed by atoms with van der Waals surface area (Å²) in [7, 11) is -1.88. The average molecular weight is 307 g/mol. The predicted octanol–water partition coefficient (Wildman–Crippen LogP) is 5.31. The van der Waals surface area contributed by atoms with Gasteiger partial charge in [0.05, 0.1) is 0 Å². The van der Waals surface area contributed by atoms with Crippen molar-refractivity contribution in [2.45, 2.75) is 65.3 Å². The van der Waals surface area contributed by atoms with Gasteiger partial charge in [-0.1, -0.05) is 58.0 Å². The van der Waals surface area contributed by atoms with Crippen LogP contribution in [0, 0.1) is 5.92 Å². The molecule has 2 nitrogen and oxygen atoms in total. The zero-order valence-corrected chi connectivity index (χ0v) is 15.6. The number of carbonyl (C=O) groups is 1. The van der Waals surface area contributed by atoms with E-state index in [4.69, 9.17) is 4.43 Å². The number of hydrogen-bond donors (Lipinski definition) is 0. The van der Waals surface area contributed by atoms with Crippen LogP contribution in [0.5, 0.6) is 0 Å². The van der Waals surface area contributed by atoms with Gasteiger partial charge in [0.1, 0.15) is 0 Å². The number of rotatable bonds is 7. The van der Waals surface area contributed by atoms with Crippen LogP contribution in [0.2, 0.25) is 18.1 Å². The lowest BCUT2D eigenvalue weighted by Crippen LogP contribution is -2.47. The molecule has 0 aliphatic carbocycles. The number of carbonyl (C=O) groups excluding carboxylic acids is 1. The molecule has 0 N–H and O–H groups in total. The fraction of sp³-hybridized carbons (Fsp3) is 0.611. The van der Waals surface area contributed by atoms with Gasteiger partial charge in [-0.05, 0) is 31.0 Å². The Morgan fingerprint density at radius 2 is 1.67 bits per heavy atom. The molecule has 0 saturated carbocycles. The van der Waals surface area contributed by atoms with Gasteiger partial charge in [-0.15, -0.1) is 0 Å². The molecule has 0 spiro atoms. The standard InChI is InChI=1S/C18H30O2Si/c1-14(2)18(4,5)21(6,7)20-15(3)13-17(19)16-11-9-8-10-12-16/h8-12,14-15H,13H2,1-7H3. The Labute approximate surface area is 131 Å². The lowest BCUT2D eigenvalue weighted by atomic mass is 9.99. The molecule has 1 rings (SSSR count). The Bertz CT molecular complexity index is 463. The van der Waals surface area contributed by atoms with E-state index in [1.807, 2.05) is 37.3 Å². The maximum absolute atomic E-state index is 12.3. The molecule has 0 amide bonds. The van der Waals surface area contributed by atoms with Gasteiger partial charge in [-0.25, -0.2) is 0 Å². The van der Waals surface area contributed by atoms with Crippen molar-refractivity contribution in [2.24, 2.45) is 5.92 Å². The zero-order chi connectivity index (χ0) is 16.3. The fourth-order valence-electron chi connectivity index (χ4n) is 2.39. The molecule has 0 bridgehead atoms. The van der Waals surface area contributed by atoms with Crippen molar-refractivity contribution < 1.29 is 9.22 Å². The maximum atomic E-state index is 12.3. The van der Waals surface area contributed by atoms with Crippen molar-refractivity contribution >= 4 is 14.1 Å². The molecule has 0 aliphatic heterocycles. The van der Waals surface area contributed by atoms with Crippen LogP contribution < -0.4 is 0 Å². The highest BCUT2D eigenvalue weighted by Gasteiger charge is 2.44. The van der Waals surface area contributed by atoms with E-state index in [0.717, 1.165) is 5.56 Å². The lowest BCUT2D eigenvalue weighted by Gasteiger charge is -2.44. The largest absolute Gasteiger partial charge is 0.414 e. The molecule has 0 radical (unpaired) electrons. The molecular weight excluding hydrogens is 276 g/mol. The number of benzene rings is 1. The van der Waals surface area contributed by atoms with Gasteiger partial charge in [0, 0.05) is 18.1 Å². The third-order valence-corrected chi connectivity index (χ3v) is 9.73. The van der Waals surface area contributed by atoms with Crippen molar-refractivity contribution in [1.82, 2.24) is 0 Å². The first-order valence-electron chi connectivity index (χ1n) is 7.84. The number of hydrogen-bond acceptors (Lipinski definition) is 2. The molecule has 1 atom stereocenters. The minimum atomic E-state index is -1.88. The molecule has 21 heavy (non-hydrogen) atoms. The summed E-state index contributed by atoms with van der Waals surface area (Å²) in [5.41, 5.74) is 0.774. The highest BCUT2D eigenvalue weighted by atomic mass is 28.4. The third-order valence-electron chi connectivity index (χ3n) is 5.06. The van der Waals surface area contributed by atoms with Gasteiger partial charge in [0.2, 0.25) is 0 Å². The lowest BCUT2D eigenvalue weighted by molar-refractivity contribution is 0.0906. The molecule has 1 aromatic rings. The quantitative estimate of drug-likeness (QED) is 0.504. The van der Waals surface area contributed by atoms with E-state index < -0.39 is 8.32 Å². The molecule has 0 heterocycles. The summed E-state index contributed by atoms with van der Waals surface area (Å²) >= 11 is 0. The monoisotopic (exact) mass is 306 g/mol. The molecule has 0 saturated heterocycles.